The van der Waals surface area contributed by atoms with Crippen molar-refractivity contribution in [3.05, 3.63) is 75.3 Å². The van der Waals surface area contributed by atoms with Crippen LogP contribution in [-0.2, 0) is 10.0 Å². The van der Waals surface area contributed by atoms with Gasteiger partial charge in [0.1, 0.15) is 9.13 Å². The van der Waals surface area contributed by atoms with Crippen LogP contribution in [-0.4, -0.2) is 25.5 Å². The Morgan fingerprint density at radius 3 is 2.54 bits per heavy atom. The number of hydrogen-bond acceptors (Lipinski definition) is 8. The zero-order valence-electron chi connectivity index (χ0n) is 13.9. The van der Waals surface area contributed by atoms with E-state index in [4.69, 9.17) is 4.42 Å². The highest BCUT2D eigenvalue weighted by molar-refractivity contribution is 7.94. The summed E-state index contributed by atoms with van der Waals surface area (Å²) in [6.45, 7) is 0. The average Bonchev–Trinajstić information content (AvgIpc) is 3.34. The first kappa shape index (κ1) is 19.3. The van der Waals surface area contributed by atoms with Crippen molar-refractivity contribution in [1.82, 2.24) is 5.43 Å². The average molecular weight is 420 g/mol. The number of amides is 1. The number of sulfonamides is 1. The van der Waals surface area contributed by atoms with Gasteiger partial charge in [-0.05, 0) is 41.8 Å². The highest BCUT2D eigenvalue weighted by Crippen LogP contribution is 2.20. The SMILES string of the molecule is O=C(N/N=C\c1ccc([N+](=O)[O-])o1)c1ccc(NS(=O)(=O)c2cccs2)cc1. The van der Waals surface area contributed by atoms with Gasteiger partial charge in [0.2, 0.25) is 0 Å². The molecule has 0 aliphatic rings. The van der Waals surface area contributed by atoms with Crippen LogP contribution in [0.2, 0.25) is 0 Å². The van der Waals surface area contributed by atoms with Gasteiger partial charge in [-0.3, -0.25) is 19.6 Å². The van der Waals surface area contributed by atoms with Crippen LogP contribution in [0.3, 0.4) is 0 Å². The molecule has 2 heterocycles. The number of nitrogens with one attached hydrogen (secondary N) is 2. The van der Waals surface area contributed by atoms with Gasteiger partial charge >= 0.3 is 5.88 Å². The van der Waals surface area contributed by atoms with E-state index in [1.165, 1.54) is 42.5 Å². The van der Waals surface area contributed by atoms with E-state index in [9.17, 15) is 23.3 Å². The van der Waals surface area contributed by atoms with Crippen molar-refractivity contribution in [2.75, 3.05) is 4.72 Å². The van der Waals surface area contributed by atoms with Crippen LogP contribution in [0.1, 0.15) is 16.1 Å². The number of anilines is 1. The molecule has 0 aliphatic heterocycles. The third kappa shape index (κ3) is 4.61. The second-order valence-corrected chi connectivity index (χ2v) is 8.10. The smallest absolute Gasteiger partial charge is 0.400 e. The molecule has 0 atom stereocenters. The van der Waals surface area contributed by atoms with Crippen molar-refractivity contribution in [3.8, 4) is 0 Å². The number of nitro groups is 1. The number of thiophene rings is 1. The van der Waals surface area contributed by atoms with E-state index in [2.05, 4.69) is 15.2 Å². The van der Waals surface area contributed by atoms with Crippen molar-refractivity contribution in [3.63, 3.8) is 0 Å². The quantitative estimate of drug-likeness (QED) is 0.342. The second-order valence-electron chi connectivity index (χ2n) is 5.25. The highest BCUT2D eigenvalue weighted by atomic mass is 32.2. The molecule has 144 valence electrons. The monoisotopic (exact) mass is 420 g/mol. The first-order chi connectivity index (χ1) is 13.3. The molecular weight excluding hydrogens is 408 g/mol. The number of nitrogens with zero attached hydrogens (tertiary/aromatic N) is 2. The Labute approximate surface area is 162 Å². The molecule has 2 N–H and O–H groups in total. The van der Waals surface area contributed by atoms with Crippen molar-refractivity contribution in [1.29, 1.82) is 0 Å². The summed E-state index contributed by atoms with van der Waals surface area (Å²) in [7, 11) is -3.67. The van der Waals surface area contributed by atoms with Gasteiger partial charge < -0.3 is 4.42 Å². The van der Waals surface area contributed by atoms with Gasteiger partial charge in [-0.15, -0.1) is 11.3 Å². The van der Waals surface area contributed by atoms with Crippen LogP contribution in [0, 0.1) is 10.1 Å². The van der Waals surface area contributed by atoms with Crippen molar-refractivity contribution >= 4 is 45.1 Å². The lowest BCUT2D eigenvalue weighted by atomic mass is 10.2. The number of rotatable bonds is 7. The number of hydrogen-bond donors (Lipinski definition) is 2. The second kappa shape index (κ2) is 8.02. The zero-order valence-corrected chi connectivity index (χ0v) is 15.6. The molecule has 0 fully saturated rings. The predicted molar refractivity (Wildman–Crippen MR) is 102 cm³/mol. The van der Waals surface area contributed by atoms with Crippen molar-refractivity contribution in [2.24, 2.45) is 5.10 Å². The van der Waals surface area contributed by atoms with Crippen LogP contribution >= 0.6 is 11.3 Å². The van der Waals surface area contributed by atoms with Crippen LogP contribution in [0.5, 0.6) is 0 Å². The molecule has 0 saturated heterocycles. The summed E-state index contributed by atoms with van der Waals surface area (Å²) in [6.07, 6.45) is 1.12. The fourth-order valence-electron chi connectivity index (χ4n) is 2.04. The Morgan fingerprint density at radius 2 is 1.93 bits per heavy atom. The number of benzene rings is 1. The molecule has 3 rings (SSSR count). The van der Waals surface area contributed by atoms with Gasteiger partial charge in [0, 0.05) is 11.3 Å². The van der Waals surface area contributed by atoms with Gasteiger partial charge in [0.05, 0.1) is 12.3 Å². The zero-order chi connectivity index (χ0) is 20.1. The Balaban J connectivity index is 1.60. The van der Waals surface area contributed by atoms with Crippen LogP contribution in [0.4, 0.5) is 11.6 Å². The van der Waals surface area contributed by atoms with Crippen molar-refractivity contribution in [2.45, 2.75) is 4.21 Å². The van der Waals surface area contributed by atoms with E-state index < -0.39 is 26.7 Å². The lowest BCUT2D eigenvalue weighted by Crippen LogP contribution is -2.17. The summed E-state index contributed by atoms with van der Waals surface area (Å²) in [5.74, 6) is -0.885. The lowest BCUT2D eigenvalue weighted by molar-refractivity contribution is -0.402. The first-order valence-electron chi connectivity index (χ1n) is 7.59. The largest absolute Gasteiger partial charge is 0.433 e. The molecule has 12 heteroatoms. The molecule has 10 nitrogen and oxygen atoms in total. The Hall–Kier alpha value is -3.51. The summed E-state index contributed by atoms with van der Waals surface area (Å²) in [5, 5.41) is 15.8. The minimum atomic E-state index is -3.67. The number of furan rings is 1. The maximum Gasteiger partial charge on any atom is 0.433 e. The molecule has 0 aliphatic carbocycles. The van der Waals surface area contributed by atoms with Gasteiger partial charge in [0.15, 0.2) is 5.76 Å². The summed E-state index contributed by atoms with van der Waals surface area (Å²) < 4.78 is 31.8. The van der Waals surface area contributed by atoms with Crippen molar-refractivity contribution < 1.29 is 22.6 Å². The molecule has 3 aromatic rings. The summed E-state index contributed by atoms with van der Waals surface area (Å²) in [6, 6.07) is 11.4. The van der Waals surface area contributed by atoms with Gasteiger partial charge in [-0.25, -0.2) is 13.8 Å². The van der Waals surface area contributed by atoms with Crippen LogP contribution in [0.25, 0.3) is 0 Å². The van der Waals surface area contributed by atoms with E-state index in [1.807, 2.05) is 0 Å². The molecule has 0 radical (unpaired) electrons. The maximum atomic E-state index is 12.2. The summed E-state index contributed by atoms with van der Waals surface area (Å²) >= 11 is 1.09. The van der Waals surface area contributed by atoms with Gasteiger partial charge in [-0.1, -0.05) is 6.07 Å². The molecule has 1 aromatic carbocycles. The topological polar surface area (TPSA) is 144 Å². The predicted octanol–water partition coefficient (Wildman–Crippen LogP) is 2.81. The highest BCUT2D eigenvalue weighted by Gasteiger charge is 2.15. The molecule has 28 heavy (non-hydrogen) atoms. The molecule has 0 saturated carbocycles. The van der Waals surface area contributed by atoms with Gasteiger partial charge in [-0.2, -0.15) is 5.10 Å². The summed E-state index contributed by atoms with van der Waals surface area (Å²) in [4.78, 5) is 21.9. The Morgan fingerprint density at radius 1 is 1.18 bits per heavy atom. The van der Waals surface area contributed by atoms with Crippen LogP contribution in [0.15, 0.2) is 67.6 Å². The molecule has 2 aromatic heterocycles. The van der Waals surface area contributed by atoms with Gasteiger partial charge in [0.25, 0.3) is 15.9 Å². The van der Waals surface area contributed by atoms with E-state index in [0.29, 0.717) is 5.69 Å². The molecule has 0 unspecified atom stereocenters. The molecular formula is C16H12N4O6S2. The lowest BCUT2D eigenvalue weighted by Gasteiger charge is -2.07. The van der Waals surface area contributed by atoms with E-state index in [-0.39, 0.29) is 15.5 Å². The summed E-state index contributed by atoms with van der Waals surface area (Å²) in [5.41, 5.74) is 2.78. The fraction of sp³-hybridized carbons (Fsp3) is 0. The molecule has 0 bridgehead atoms. The minimum Gasteiger partial charge on any atom is -0.400 e. The first-order valence-corrected chi connectivity index (χ1v) is 9.95. The molecule has 1 amide bonds. The van der Waals surface area contributed by atoms with E-state index in [1.54, 1.807) is 11.4 Å². The fourth-order valence-corrected chi connectivity index (χ4v) is 4.09. The number of carbonyl (C=O) groups is 1. The Bertz CT molecular complexity index is 1120. The normalized spacial score (nSPS) is 11.4. The van der Waals surface area contributed by atoms with Crippen LogP contribution < -0.4 is 10.1 Å². The standard InChI is InChI=1S/C16H12N4O6S2/c21-16(18-17-10-13-7-8-14(26-13)20(22)23)11-3-5-12(6-4-11)19-28(24,25)15-2-1-9-27-15/h1-10,19H,(H,18,21)/b17-10-. The van der Waals surface area contributed by atoms with E-state index in [0.717, 1.165) is 17.6 Å². The third-order valence-corrected chi connectivity index (χ3v) is 6.09. The molecule has 0 spiro atoms. The maximum absolute atomic E-state index is 12.2. The number of carbonyl (C=O) groups excluding carboxylic acids is 1. The van der Waals surface area contributed by atoms with E-state index >= 15 is 0 Å². The number of hydrazone groups is 1. The minimum absolute atomic E-state index is 0.102. The Kier molecular flexibility index (Phi) is 5.52. The third-order valence-electron chi connectivity index (χ3n) is 3.31.